The van der Waals surface area contributed by atoms with E-state index in [4.69, 9.17) is 33.3 Å². The lowest BCUT2D eigenvalue weighted by atomic mass is 10.1. The first kappa shape index (κ1) is 21.9. The Hall–Kier alpha value is -1.80. The van der Waals surface area contributed by atoms with E-state index in [1.54, 1.807) is 19.3 Å². The van der Waals surface area contributed by atoms with Crippen molar-refractivity contribution in [3.8, 4) is 11.5 Å². The lowest BCUT2D eigenvalue weighted by molar-refractivity contribution is -0.121. The van der Waals surface area contributed by atoms with Crippen molar-refractivity contribution in [1.29, 1.82) is 0 Å². The zero-order valence-electron chi connectivity index (χ0n) is 15.5. The van der Waals surface area contributed by atoms with Crippen molar-refractivity contribution < 1.29 is 14.3 Å². The number of hydrogen-bond acceptors (Lipinski definition) is 5. The molecule has 0 bridgehead atoms. The number of carbonyl (C=O) groups is 1. The van der Waals surface area contributed by atoms with Gasteiger partial charge in [-0.25, -0.2) is 0 Å². The fourth-order valence-corrected chi connectivity index (χ4v) is 4.71. The van der Waals surface area contributed by atoms with Crippen LogP contribution >= 0.6 is 51.5 Å². The van der Waals surface area contributed by atoms with Crippen molar-refractivity contribution in [3.63, 3.8) is 0 Å². The summed E-state index contributed by atoms with van der Waals surface area (Å²) in [6.07, 6.45) is 3.44. The summed E-state index contributed by atoms with van der Waals surface area (Å²) in [7, 11) is 1.57. The summed E-state index contributed by atoms with van der Waals surface area (Å²) in [5.41, 5.74) is 1.66. The van der Waals surface area contributed by atoms with E-state index < -0.39 is 0 Å². The van der Waals surface area contributed by atoms with E-state index in [2.05, 4.69) is 22.5 Å². The van der Waals surface area contributed by atoms with Gasteiger partial charge in [0.2, 0.25) is 0 Å². The SMILES string of the molecule is C=CCN1C(=O)/C(=C/c2cc(Br)c(OCc3ccccc3Cl)c(OC)c2)SC1=S. The van der Waals surface area contributed by atoms with Gasteiger partial charge in [-0.15, -0.1) is 6.58 Å². The summed E-state index contributed by atoms with van der Waals surface area (Å²) in [5.74, 6) is 0.969. The highest BCUT2D eigenvalue weighted by molar-refractivity contribution is 9.10. The molecular formula is C21H17BrClNO3S2. The molecule has 1 heterocycles. The van der Waals surface area contributed by atoms with E-state index in [1.165, 1.54) is 16.7 Å². The molecule has 0 aliphatic carbocycles. The monoisotopic (exact) mass is 509 g/mol. The van der Waals surface area contributed by atoms with Crippen LogP contribution in [-0.4, -0.2) is 28.8 Å². The number of nitrogens with zero attached hydrogens (tertiary/aromatic N) is 1. The number of benzene rings is 2. The first-order valence-electron chi connectivity index (χ1n) is 8.54. The second-order valence-corrected chi connectivity index (χ2v) is 8.93. The number of ether oxygens (including phenoxy) is 2. The maximum atomic E-state index is 12.5. The van der Waals surface area contributed by atoms with Gasteiger partial charge < -0.3 is 9.47 Å². The molecular weight excluding hydrogens is 494 g/mol. The number of rotatable bonds is 7. The summed E-state index contributed by atoms with van der Waals surface area (Å²) in [6.45, 7) is 4.36. The van der Waals surface area contributed by atoms with E-state index in [1.807, 2.05) is 36.4 Å². The molecule has 0 atom stereocenters. The van der Waals surface area contributed by atoms with Crippen LogP contribution in [0.3, 0.4) is 0 Å². The Morgan fingerprint density at radius 1 is 1.34 bits per heavy atom. The standard InChI is InChI=1S/C21H17BrClNO3S2/c1-3-8-24-20(25)18(29-21(24)28)11-13-9-15(22)19(17(10-13)26-2)27-12-14-6-4-5-7-16(14)23/h3-7,9-11H,1,8,12H2,2H3/b18-11-. The number of hydrogen-bond donors (Lipinski definition) is 0. The Bertz CT molecular complexity index is 1010. The normalized spacial score (nSPS) is 15.1. The smallest absolute Gasteiger partial charge is 0.266 e. The van der Waals surface area contributed by atoms with Gasteiger partial charge in [-0.05, 0) is 45.8 Å². The van der Waals surface area contributed by atoms with Crippen molar-refractivity contribution in [2.24, 2.45) is 0 Å². The Labute approximate surface area is 192 Å². The Kier molecular flexibility index (Phi) is 7.40. The first-order valence-corrected chi connectivity index (χ1v) is 10.9. The van der Waals surface area contributed by atoms with Gasteiger partial charge in [-0.2, -0.15) is 0 Å². The number of methoxy groups -OCH3 is 1. The number of halogens is 2. The molecule has 2 aromatic carbocycles. The average Bonchev–Trinajstić information content (AvgIpc) is 2.95. The molecule has 0 saturated carbocycles. The molecule has 4 nitrogen and oxygen atoms in total. The molecule has 1 aliphatic heterocycles. The average molecular weight is 511 g/mol. The predicted molar refractivity (Wildman–Crippen MR) is 127 cm³/mol. The fraction of sp³-hybridized carbons (Fsp3) is 0.143. The van der Waals surface area contributed by atoms with E-state index in [-0.39, 0.29) is 5.91 Å². The number of amides is 1. The second-order valence-electron chi connectivity index (χ2n) is 6.00. The summed E-state index contributed by atoms with van der Waals surface area (Å²) in [4.78, 5) is 14.6. The molecule has 1 aliphatic rings. The molecule has 29 heavy (non-hydrogen) atoms. The molecule has 0 radical (unpaired) electrons. The van der Waals surface area contributed by atoms with Crippen LogP contribution in [0.1, 0.15) is 11.1 Å². The van der Waals surface area contributed by atoms with Crippen LogP contribution in [0.25, 0.3) is 6.08 Å². The van der Waals surface area contributed by atoms with Crippen molar-refractivity contribution in [3.05, 3.63) is 74.6 Å². The second kappa shape index (κ2) is 9.80. The largest absolute Gasteiger partial charge is 0.493 e. The zero-order chi connectivity index (χ0) is 21.0. The van der Waals surface area contributed by atoms with Gasteiger partial charge in [0, 0.05) is 17.1 Å². The minimum atomic E-state index is -0.131. The molecule has 0 unspecified atom stereocenters. The molecule has 3 rings (SSSR count). The highest BCUT2D eigenvalue weighted by Crippen LogP contribution is 2.39. The van der Waals surface area contributed by atoms with Crippen molar-refractivity contribution in [2.75, 3.05) is 13.7 Å². The van der Waals surface area contributed by atoms with E-state index in [0.717, 1.165) is 11.1 Å². The Balaban J connectivity index is 1.85. The van der Waals surface area contributed by atoms with Crippen LogP contribution in [0.5, 0.6) is 11.5 Å². The van der Waals surface area contributed by atoms with Gasteiger partial charge in [-0.1, -0.05) is 59.9 Å². The quantitative estimate of drug-likeness (QED) is 0.256. The molecule has 0 N–H and O–H groups in total. The van der Waals surface area contributed by atoms with E-state index >= 15 is 0 Å². The zero-order valence-corrected chi connectivity index (χ0v) is 19.5. The lowest BCUT2D eigenvalue weighted by Gasteiger charge is -2.14. The summed E-state index contributed by atoms with van der Waals surface area (Å²) in [6, 6.07) is 11.2. The van der Waals surface area contributed by atoms with Crippen LogP contribution in [-0.2, 0) is 11.4 Å². The molecule has 1 amide bonds. The van der Waals surface area contributed by atoms with Gasteiger partial charge in [0.1, 0.15) is 10.9 Å². The Morgan fingerprint density at radius 3 is 2.79 bits per heavy atom. The highest BCUT2D eigenvalue weighted by atomic mass is 79.9. The van der Waals surface area contributed by atoms with Gasteiger partial charge in [0.05, 0.1) is 16.5 Å². The molecule has 0 aromatic heterocycles. The lowest BCUT2D eigenvalue weighted by Crippen LogP contribution is -2.27. The summed E-state index contributed by atoms with van der Waals surface area (Å²) >= 11 is 16.3. The number of carbonyl (C=O) groups excluding carboxylic acids is 1. The van der Waals surface area contributed by atoms with Gasteiger partial charge in [0.25, 0.3) is 5.91 Å². The van der Waals surface area contributed by atoms with Gasteiger partial charge in [-0.3, -0.25) is 9.69 Å². The van der Waals surface area contributed by atoms with Crippen molar-refractivity contribution in [2.45, 2.75) is 6.61 Å². The van der Waals surface area contributed by atoms with Crippen molar-refractivity contribution >= 4 is 67.8 Å². The molecule has 2 aromatic rings. The van der Waals surface area contributed by atoms with E-state index in [9.17, 15) is 4.79 Å². The molecule has 1 fully saturated rings. The first-order chi connectivity index (χ1) is 13.9. The molecule has 0 spiro atoms. The van der Waals surface area contributed by atoms with Gasteiger partial charge >= 0.3 is 0 Å². The summed E-state index contributed by atoms with van der Waals surface area (Å²) in [5, 5.41) is 0.640. The van der Waals surface area contributed by atoms with E-state index in [0.29, 0.717) is 43.4 Å². The van der Waals surface area contributed by atoms with Crippen LogP contribution in [0.2, 0.25) is 5.02 Å². The molecule has 150 valence electrons. The number of thioether (sulfide) groups is 1. The van der Waals surface area contributed by atoms with Crippen LogP contribution in [0.4, 0.5) is 0 Å². The van der Waals surface area contributed by atoms with Crippen LogP contribution in [0, 0.1) is 0 Å². The minimum absolute atomic E-state index is 0.131. The summed E-state index contributed by atoms with van der Waals surface area (Å²) < 4.78 is 12.7. The van der Waals surface area contributed by atoms with Crippen LogP contribution < -0.4 is 9.47 Å². The predicted octanol–water partition coefficient (Wildman–Crippen LogP) is 6.08. The minimum Gasteiger partial charge on any atom is -0.493 e. The Morgan fingerprint density at radius 2 is 2.10 bits per heavy atom. The maximum Gasteiger partial charge on any atom is 0.266 e. The van der Waals surface area contributed by atoms with Crippen molar-refractivity contribution in [1.82, 2.24) is 4.90 Å². The number of thiocarbonyl (C=S) groups is 1. The van der Waals surface area contributed by atoms with Gasteiger partial charge in [0.15, 0.2) is 11.5 Å². The van der Waals surface area contributed by atoms with Crippen LogP contribution in [0.15, 0.2) is 58.4 Å². The fourth-order valence-electron chi connectivity index (χ4n) is 2.67. The third-order valence-corrected chi connectivity index (χ3v) is 6.40. The molecule has 1 saturated heterocycles. The third kappa shape index (κ3) is 5.04. The third-order valence-electron chi connectivity index (χ3n) is 4.06. The highest BCUT2D eigenvalue weighted by Gasteiger charge is 2.31. The molecule has 8 heteroatoms. The maximum absolute atomic E-state index is 12.5. The topological polar surface area (TPSA) is 38.8 Å².